The highest BCUT2D eigenvalue weighted by atomic mass is 16.5. The van der Waals surface area contributed by atoms with Crippen LogP contribution >= 0.6 is 0 Å². The highest BCUT2D eigenvalue weighted by Crippen LogP contribution is 2.31. The summed E-state index contributed by atoms with van der Waals surface area (Å²) in [5.41, 5.74) is 0.813. The molecule has 0 radical (unpaired) electrons. The van der Waals surface area contributed by atoms with Crippen LogP contribution in [-0.2, 0) is 9.53 Å². The van der Waals surface area contributed by atoms with Gasteiger partial charge in [-0.25, -0.2) is 4.79 Å². The minimum atomic E-state index is 0.00644. The Bertz CT molecular complexity index is 1470. The average molecular weight is 598 g/mol. The zero-order chi connectivity index (χ0) is 30.0. The van der Waals surface area contributed by atoms with Gasteiger partial charge in [0.25, 0.3) is 5.91 Å². The van der Waals surface area contributed by atoms with Crippen molar-refractivity contribution in [2.75, 3.05) is 78.7 Å². The van der Waals surface area contributed by atoms with Crippen LogP contribution in [0.3, 0.4) is 0 Å². The van der Waals surface area contributed by atoms with Crippen molar-refractivity contribution in [2.24, 2.45) is 5.92 Å². The van der Waals surface area contributed by atoms with Crippen molar-refractivity contribution in [3.05, 3.63) is 60.2 Å². The van der Waals surface area contributed by atoms with Gasteiger partial charge in [0.05, 0.1) is 24.7 Å². The van der Waals surface area contributed by atoms with Crippen LogP contribution in [0.5, 0.6) is 0 Å². The Labute approximate surface area is 259 Å². The molecule has 232 valence electrons. The van der Waals surface area contributed by atoms with Crippen molar-refractivity contribution in [1.29, 1.82) is 0 Å². The van der Waals surface area contributed by atoms with E-state index in [4.69, 9.17) is 4.74 Å². The number of ether oxygens (including phenoxy) is 1. The third-order valence-corrected chi connectivity index (χ3v) is 10.2. The maximum absolute atomic E-state index is 14.0. The minimum absolute atomic E-state index is 0.00644. The van der Waals surface area contributed by atoms with E-state index in [1.807, 2.05) is 43.9 Å². The number of hydrogen-bond acceptors (Lipinski definition) is 5. The predicted molar refractivity (Wildman–Crippen MR) is 171 cm³/mol. The molecule has 4 fully saturated rings. The Kier molecular flexibility index (Phi) is 8.41. The standard InChI is InChI=1S/C35H43N5O4/c41-33(37-16-18-38(19-17-37)35(43)39-20-22-44-23-21-39)28-8-5-13-40(25-28)29-11-14-36(15-12-29)34(42)32-30-9-3-1-6-26(30)24-27-7-2-4-10-31(27)32/h1-4,6-7,9-10,24,28-29H,5,8,11-23,25H2/t28-/m1/s1. The molecule has 7 rings (SSSR count). The first-order chi connectivity index (χ1) is 21.6. The van der Waals surface area contributed by atoms with Crippen molar-refractivity contribution >= 4 is 39.4 Å². The zero-order valence-corrected chi connectivity index (χ0v) is 25.5. The van der Waals surface area contributed by atoms with Gasteiger partial charge in [0.1, 0.15) is 0 Å². The normalized spacial score (nSPS) is 22.5. The summed E-state index contributed by atoms with van der Waals surface area (Å²) in [5.74, 6) is 0.366. The van der Waals surface area contributed by atoms with Crippen LogP contribution in [-0.4, -0.2) is 127 Å². The number of hydrogen-bond donors (Lipinski definition) is 0. The van der Waals surface area contributed by atoms with Crippen molar-refractivity contribution in [1.82, 2.24) is 24.5 Å². The highest BCUT2D eigenvalue weighted by molar-refractivity contribution is 6.18. The number of carbonyl (C=O) groups excluding carboxylic acids is 3. The summed E-state index contributed by atoms with van der Waals surface area (Å²) in [7, 11) is 0. The van der Waals surface area contributed by atoms with E-state index in [1.165, 1.54) is 0 Å². The van der Waals surface area contributed by atoms with E-state index in [9.17, 15) is 14.4 Å². The van der Waals surface area contributed by atoms with Crippen LogP contribution in [0.25, 0.3) is 21.5 Å². The molecular formula is C35H43N5O4. The number of benzene rings is 3. The molecule has 4 heterocycles. The van der Waals surface area contributed by atoms with Gasteiger partial charge in [0, 0.05) is 64.9 Å². The van der Waals surface area contributed by atoms with Crippen LogP contribution in [0.1, 0.15) is 36.0 Å². The number of fused-ring (bicyclic) bond motifs is 2. The summed E-state index contributed by atoms with van der Waals surface area (Å²) >= 11 is 0. The Hall–Kier alpha value is -3.69. The molecule has 0 unspecified atom stereocenters. The van der Waals surface area contributed by atoms with Gasteiger partial charge in [-0.3, -0.25) is 14.5 Å². The quantitative estimate of drug-likeness (QED) is 0.428. The first kappa shape index (κ1) is 29.0. The SMILES string of the molecule is O=C(c1c2ccccc2cc2ccccc12)N1CCC(N2CCC[C@@H](C(=O)N3CCN(C(=O)N4CCOCC4)CC3)C2)CC1. The molecule has 0 spiro atoms. The lowest BCUT2D eigenvalue weighted by Crippen LogP contribution is -2.57. The van der Waals surface area contributed by atoms with Crippen LogP contribution in [0.2, 0.25) is 0 Å². The van der Waals surface area contributed by atoms with E-state index in [2.05, 4.69) is 35.2 Å². The van der Waals surface area contributed by atoms with E-state index in [0.717, 1.165) is 79.0 Å². The van der Waals surface area contributed by atoms with Gasteiger partial charge in [-0.2, -0.15) is 0 Å². The Morgan fingerprint density at radius 3 is 1.89 bits per heavy atom. The summed E-state index contributed by atoms with van der Waals surface area (Å²) in [5, 5.41) is 4.22. The predicted octanol–water partition coefficient (Wildman–Crippen LogP) is 3.91. The van der Waals surface area contributed by atoms with Crippen LogP contribution in [0, 0.1) is 5.92 Å². The second-order valence-corrected chi connectivity index (χ2v) is 12.7. The van der Waals surface area contributed by atoms with Crippen molar-refractivity contribution in [2.45, 2.75) is 31.7 Å². The Morgan fingerprint density at radius 1 is 0.636 bits per heavy atom. The van der Waals surface area contributed by atoms with Crippen molar-refractivity contribution in [3.8, 4) is 0 Å². The lowest BCUT2D eigenvalue weighted by molar-refractivity contribution is -0.139. The molecule has 1 atom stereocenters. The fraction of sp³-hybridized carbons (Fsp3) is 0.514. The Balaban J connectivity index is 0.947. The topological polar surface area (TPSA) is 76.6 Å². The number of piperazine rings is 1. The van der Waals surface area contributed by atoms with E-state index in [1.54, 1.807) is 0 Å². The molecule has 4 saturated heterocycles. The summed E-state index contributed by atoms with van der Waals surface area (Å²) in [6, 6.07) is 19.0. The highest BCUT2D eigenvalue weighted by Gasteiger charge is 2.36. The molecule has 4 amide bonds. The number of rotatable bonds is 3. The number of likely N-dealkylation sites (tertiary alicyclic amines) is 2. The van der Waals surface area contributed by atoms with E-state index < -0.39 is 0 Å². The maximum Gasteiger partial charge on any atom is 0.320 e. The van der Waals surface area contributed by atoms with E-state index in [0.29, 0.717) is 58.5 Å². The summed E-state index contributed by atoms with van der Waals surface area (Å²) in [6.45, 7) is 8.14. The number of piperidine rings is 2. The number of nitrogens with zero attached hydrogens (tertiary/aromatic N) is 5. The lowest BCUT2D eigenvalue weighted by Gasteiger charge is -2.44. The monoisotopic (exact) mass is 597 g/mol. The molecule has 4 aliphatic heterocycles. The van der Waals surface area contributed by atoms with E-state index >= 15 is 0 Å². The molecular weight excluding hydrogens is 554 g/mol. The van der Waals surface area contributed by atoms with E-state index in [-0.39, 0.29) is 23.8 Å². The fourth-order valence-electron chi connectivity index (χ4n) is 7.71. The van der Waals surface area contributed by atoms with Gasteiger partial charge < -0.3 is 24.3 Å². The molecule has 0 aliphatic carbocycles. The zero-order valence-electron chi connectivity index (χ0n) is 25.5. The summed E-state index contributed by atoms with van der Waals surface area (Å²) < 4.78 is 5.38. The summed E-state index contributed by atoms with van der Waals surface area (Å²) in [6.07, 6.45) is 3.80. The molecule has 44 heavy (non-hydrogen) atoms. The smallest absolute Gasteiger partial charge is 0.320 e. The average Bonchev–Trinajstić information content (AvgIpc) is 3.10. The Morgan fingerprint density at radius 2 is 1.23 bits per heavy atom. The number of morpholine rings is 1. The first-order valence-corrected chi connectivity index (χ1v) is 16.4. The van der Waals surface area contributed by atoms with Crippen LogP contribution in [0.4, 0.5) is 4.79 Å². The van der Waals surface area contributed by atoms with Gasteiger partial charge >= 0.3 is 6.03 Å². The van der Waals surface area contributed by atoms with Gasteiger partial charge in [-0.05, 0) is 59.8 Å². The second kappa shape index (κ2) is 12.7. The molecule has 9 nitrogen and oxygen atoms in total. The number of amides is 4. The first-order valence-electron chi connectivity index (χ1n) is 16.4. The number of carbonyl (C=O) groups is 3. The number of urea groups is 1. The second-order valence-electron chi connectivity index (χ2n) is 12.7. The fourth-order valence-corrected chi connectivity index (χ4v) is 7.71. The molecule has 0 aromatic heterocycles. The lowest BCUT2D eigenvalue weighted by atomic mass is 9.92. The van der Waals surface area contributed by atoms with Gasteiger partial charge in [0.15, 0.2) is 0 Å². The van der Waals surface area contributed by atoms with Crippen molar-refractivity contribution < 1.29 is 19.1 Å². The van der Waals surface area contributed by atoms with Crippen molar-refractivity contribution in [3.63, 3.8) is 0 Å². The molecule has 3 aromatic rings. The molecule has 0 saturated carbocycles. The third-order valence-electron chi connectivity index (χ3n) is 10.2. The maximum atomic E-state index is 14.0. The molecule has 0 bridgehead atoms. The molecule has 0 N–H and O–H groups in total. The molecule has 9 heteroatoms. The third kappa shape index (κ3) is 5.75. The van der Waals surface area contributed by atoms with Crippen LogP contribution < -0.4 is 0 Å². The molecule has 4 aliphatic rings. The minimum Gasteiger partial charge on any atom is -0.378 e. The molecule has 3 aromatic carbocycles. The largest absolute Gasteiger partial charge is 0.378 e. The van der Waals surface area contributed by atoms with Gasteiger partial charge in [-0.15, -0.1) is 0 Å². The van der Waals surface area contributed by atoms with Gasteiger partial charge in [0.2, 0.25) is 5.91 Å². The van der Waals surface area contributed by atoms with Gasteiger partial charge in [-0.1, -0.05) is 48.5 Å². The summed E-state index contributed by atoms with van der Waals surface area (Å²) in [4.78, 5) is 50.8. The van der Waals surface area contributed by atoms with Crippen LogP contribution in [0.15, 0.2) is 54.6 Å².